The summed E-state index contributed by atoms with van der Waals surface area (Å²) in [6.45, 7) is 7.16. The molecule has 9 aromatic carbocycles. The van der Waals surface area contributed by atoms with Crippen LogP contribution in [0.5, 0.6) is 0 Å². The second-order valence-corrected chi connectivity index (χ2v) is 17.4. The lowest BCUT2D eigenvalue weighted by Crippen LogP contribution is -2.22. The van der Waals surface area contributed by atoms with Crippen molar-refractivity contribution in [3.8, 4) is 67.3 Å². The van der Waals surface area contributed by atoms with Gasteiger partial charge < -0.3 is 0 Å². The molecule has 288 valence electrons. The van der Waals surface area contributed by atoms with E-state index < -0.39 is 0 Å². The Hall–Kier alpha value is -7.42. The van der Waals surface area contributed by atoms with Crippen molar-refractivity contribution in [1.82, 2.24) is 9.97 Å². The third-order valence-corrected chi connectivity index (χ3v) is 13.7. The number of hydrogen-bond acceptors (Lipinski definition) is 2. The van der Waals surface area contributed by atoms with Crippen molar-refractivity contribution >= 4 is 21.5 Å². The summed E-state index contributed by atoms with van der Waals surface area (Å²) in [6.07, 6.45) is 0. The first-order valence-corrected chi connectivity index (χ1v) is 21.3. The van der Waals surface area contributed by atoms with Gasteiger partial charge in [-0.1, -0.05) is 196 Å². The lowest BCUT2D eigenvalue weighted by atomic mass is 9.74. The van der Waals surface area contributed by atoms with Crippen molar-refractivity contribution in [2.24, 2.45) is 0 Å². The summed E-state index contributed by atoms with van der Waals surface area (Å²) in [5.74, 6) is 0.714. The molecule has 0 aliphatic heterocycles. The van der Waals surface area contributed by atoms with Gasteiger partial charge in [0.2, 0.25) is 0 Å². The van der Waals surface area contributed by atoms with E-state index >= 15 is 0 Å². The molecular formula is C59H42N2. The van der Waals surface area contributed by atoms with Crippen molar-refractivity contribution in [3.05, 3.63) is 228 Å². The van der Waals surface area contributed by atoms with E-state index in [4.69, 9.17) is 9.97 Å². The molecule has 0 fully saturated rings. The fraction of sp³-hybridized carbons (Fsp3) is 0.0847. The van der Waals surface area contributed by atoms with Crippen LogP contribution in [-0.2, 0) is 10.8 Å². The van der Waals surface area contributed by atoms with Crippen molar-refractivity contribution in [2.45, 2.75) is 31.6 Å². The summed E-state index contributed by atoms with van der Waals surface area (Å²) >= 11 is 0. The molecule has 0 radical (unpaired) electrons. The molecule has 2 heteroatoms. The Bertz CT molecular complexity index is 3400. The summed E-state index contributed by atoms with van der Waals surface area (Å²) in [6, 6.07) is 73.0. The SMILES string of the molecule is CC1(C)c2c(cccc2-c2ccc(-c3nc(-c4ccccc4)cc(-c4ccc5c(c4)-c4ccccc4C5(C)c4ccccc4)n3)c3ccccc23)-c2ccc3ccccc3c21. The first-order valence-electron chi connectivity index (χ1n) is 21.3. The number of fused-ring (bicyclic) bond motifs is 9. The summed E-state index contributed by atoms with van der Waals surface area (Å²) < 4.78 is 0. The Morgan fingerprint density at radius 1 is 0.344 bits per heavy atom. The molecule has 12 rings (SSSR count). The minimum atomic E-state index is -0.261. The highest BCUT2D eigenvalue weighted by atomic mass is 14.9. The summed E-state index contributed by atoms with van der Waals surface area (Å²) in [5.41, 5.74) is 18.9. The normalized spacial score (nSPS) is 15.7. The molecule has 0 bridgehead atoms. The zero-order chi connectivity index (χ0) is 40.9. The first-order chi connectivity index (χ1) is 29.9. The molecule has 10 aromatic rings. The molecule has 0 saturated carbocycles. The van der Waals surface area contributed by atoms with Crippen LogP contribution >= 0.6 is 0 Å². The van der Waals surface area contributed by atoms with Crippen LogP contribution in [-0.4, -0.2) is 9.97 Å². The molecule has 1 unspecified atom stereocenters. The Morgan fingerprint density at radius 3 is 1.69 bits per heavy atom. The van der Waals surface area contributed by atoms with E-state index in [0.717, 1.165) is 33.5 Å². The maximum absolute atomic E-state index is 5.45. The van der Waals surface area contributed by atoms with Gasteiger partial charge in [0.1, 0.15) is 0 Å². The van der Waals surface area contributed by atoms with E-state index in [9.17, 15) is 0 Å². The largest absolute Gasteiger partial charge is 0.228 e. The second kappa shape index (κ2) is 13.3. The number of hydrogen-bond donors (Lipinski definition) is 0. The topological polar surface area (TPSA) is 25.8 Å². The monoisotopic (exact) mass is 778 g/mol. The molecule has 0 N–H and O–H groups in total. The third kappa shape index (κ3) is 5.22. The molecule has 0 spiro atoms. The van der Waals surface area contributed by atoms with Crippen LogP contribution in [0.4, 0.5) is 0 Å². The number of rotatable bonds is 5. The van der Waals surface area contributed by atoms with Gasteiger partial charge >= 0.3 is 0 Å². The van der Waals surface area contributed by atoms with Gasteiger partial charge in [-0.2, -0.15) is 0 Å². The number of aromatic nitrogens is 2. The number of nitrogens with zero attached hydrogens (tertiary/aromatic N) is 2. The third-order valence-electron chi connectivity index (χ3n) is 13.7. The molecule has 61 heavy (non-hydrogen) atoms. The van der Waals surface area contributed by atoms with Crippen LogP contribution in [0.3, 0.4) is 0 Å². The van der Waals surface area contributed by atoms with Gasteiger partial charge in [0.25, 0.3) is 0 Å². The van der Waals surface area contributed by atoms with Crippen LogP contribution in [0, 0.1) is 0 Å². The fourth-order valence-corrected chi connectivity index (χ4v) is 10.9. The zero-order valence-corrected chi connectivity index (χ0v) is 34.4. The first kappa shape index (κ1) is 35.5. The van der Waals surface area contributed by atoms with Crippen LogP contribution in [0.15, 0.2) is 200 Å². The van der Waals surface area contributed by atoms with Crippen molar-refractivity contribution < 1.29 is 0 Å². The zero-order valence-electron chi connectivity index (χ0n) is 34.4. The van der Waals surface area contributed by atoms with Gasteiger partial charge in [0.15, 0.2) is 5.82 Å². The predicted octanol–water partition coefficient (Wildman–Crippen LogP) is 15.1. The van der Waals surface area contributed by atoms with Crippen LogP contribution in [0.2, 0.25) is 0 Å². The standard InChI is InChI=1S/C59H42N2/c1-58(2)55-41-22-11-10-17-37(41)29-31-48(55)47-27-16-26-46(56(47)58)44-32-33-49(43-24-13-12-23-42(43)44)57-60-53(38-18-6-4-7-19-38)36-54(61-57)39-30-34-52-50(35-39)45-25-14-15-28-51(45)59(52,3)40-20-8-5-9-21-40/h4-36H,1-3H3. The van der Waals surface area contributed by atoms with Gasteiger partial charge in [0.05, 0.1) is 11.4 Å². The molecule has 2 nitrogen and oxygen atoms in total. The summed E-state index contributed by atoms with van der Waals surface area (Å²) in [7, 11) is 0. The number of benzene rings is 9. The van der Waals surface area contributed by atoms with E-state index in [1.165, 1.54) is 77.4 Å². The maximum atomic E-state index is 5.45. The van der Waals surface area contributed by atoms with Gasteiger partial charge in [0, 0.05) is 27.5 Å². The lowest BCUT2D eigenvalue weighted by molar-refractivity contribution is 0.668. The Labute approximate surface area is 356 Å². The average Bonchev–Trinajstić information content (AvgIpc) is 3.73. The molecule has 1 aromatic heterocycles. The van der Waals surface area contributed by atoms with Crippen molar-refractivity contribution in [2.75, 3.05) is 0 Å². The van der Waals surface area contributed by atoms with Crippen molar-refractivity contribution in [1.29, 1.82) is 0 Å². The summed E-state index contributed by atoms with van der Waals surface area (Å²) in [4.78, 5) is 10.8. The van der Waals surface area contributed by atoms with E-state index in [-0.39, 0.29) is 10.8 Å². The smallest absolute Gasteiger partial charge is 0.161 e. The Morgan fingerprint density at radius 2 is 0.902 bits per heavy atom. The van der Waals surface area contributed by atoms with Crippen LogP contribution in [0.1, 0.15) is 48.6 Å². The molecule has 0 saturated heterocycles. The van der Waals surface area contributed by atoms with Crippen LogP contribution < -0.4 is 0 Å². The fourth-order valence-electron chi connectivity index (χ4n) is 10.9. The summed E-state index contributed by atoms with van der Waals surface area (Å²) in [5, 5.41) is 4.94. The van der Waals surface area contributed by atoms with E-state index in [0.29, 0.717) is 5.82 Å². The van der Waals surface area contributed by atoms with E-state index in [1.54, 1.807) is 0 Å². The van der Waals surface area contributed by atoms with Gasteiger partial charge in [-0.05, 0) is 108 Å². The minimum absolute atomic E-state index is 0.196. The molecule has 0 amide bonds. The molecule has 2 aliphatic rings. The van der Waals surface area contributed by atoms with Crippen molar-refractivity contribution in [3.63, 3.8) is 0 Å². The predicted molar refractivity (Wildman–Crippen MR) is 254 cm³/mol. The Balaban J connectivity index is 1.03. The average molecular weight is 779 g/mol. The quantitative estimate of drug-likeness (QED) is 0.174. The second-order valence-electron chi connectivity index (χ2n) is 17.4. The lowest BCUT2D eigenvalue weighted by Gasteiger charge is -2.28. The van der Waals surface area contributed by atoms with E-state index in [2.05, 4.69) is 221 Å². The highest BCUT2D eigenvalue weighted by molar-refractivity contribution is 6.07. The maximum Gasteiger partial charge on any atom is 0.161 e. The molecule has 2 aliphatic carbocycles. The highest BCUT2D eigenvalue weighted by Crippen LogP contribution is 2.56. The van der Waals surface area contributed by atoms with Gasteiger partial charge in [-0.3, -0.25) is 0 Å². The molecule has 1 heterocycles. The van der Waals surface area contributed by atoms with E-state index in [1.807, 2.05) is 0 Å². The highest BCUT2D eigenvalue weighted by Gasteiger charge is 2.41. The molecule has 1 atom stereocenters. The van der Waals surface area contributed by atoms with Crippen LogP contribution in [0.25, 0.3) is 88.8 Å². The van der Waals surface area contributed by atoms with Gasteiger partial charge in [-0.15, -0.1) is 0 Å². The Kier molecular flexibility index (Phi) is 7.74. The minimum Gasteiger partial charge on any atom is -0.228 e. The van der Waals surface area contributed by atoms with Gasteiger partial charge in [-0.25, -0.2) is 9.97 Å². The molecular weight excluding hydrogens is 737 g/mol.